The number of methoxy groups -OCH3 is 1. The van der Waals surface area contributed by atoms with E-state index in [0.29, 0.717) is 16.7 Å². The summed E-state index contributed by atoms with van der Waals surface area (Å²) in [5.41, 5.74) is -0.262. The van der Waals surface area contributed by atoms with Gasteiger partial charge in [0.1, 0.15) is 16.3 Å². The maximum Gasteiger partial charge on any atom is 0.329 e. The Labute approximate surface area is 108 Å². The second kappa shape index (κ2) is 4.29. The standard InChI is InChI=1S/C9H8Br2N2O3/c1-16-9(15)6-2-4(10)7-12-3-5(11)8(14)13(6)7/h3-4,6H,2H2,1H3/t4?,6-/m0/s1. The average Bonchev–Trinajstić information content (AvgIpc) is 2.61. The quantitative estimate of drug-likeness (QED) is 0.569. The molecule has 7 heteroatoms. The topological polar surface area (TPSA) is 61.2 Å². The molecule has 86 valence electrons. The number of ether oxygens (including phenoxy) is 1. The first-order chi connectivity index (χ1) is 7.56. The summed E-state index contributed by atoms with van der Waals surface area (Å²) >= 11 is 6.49. The maximum absolute atomic E-state index is 11.9. The van der Waals surface area contributed by atoms with Crippen molar-refractivity contribution in [2.75, 3.05) is 7.11 Å². The highest BCUT2D eigenvalue weighted by molar-refractivity contribution is 9.10. The third-order valence-electron chi connectivity index (χ3n) is 2.48. The van der Waals surface area contributed by atoms with Crippen LogP contribution in [0.3, 0.4) is 0 Å². The van der Waals surface area contributed by atoms with Gasteiger partial charge in [0.2, 0.25) is 0 Å². The normalized spacial score (nSPS) is 22.9. The Hall–Kier alpha value is -0.690. The molecular formula is C9H8Br2N2O3. The molecule has 2 rings (SSSR count). The van der Waals surface area contributed by atoms with E-state index in [-0.39, 0.29) is 10.4 Å². The molecule has 2 heterocycles. The van der Waals surface area contributed by atoms with Crippen molar-refractivity contribution >= 4 is 37.8 Å². The Morgan fingerprint density at radius 3 is 3.00 bits per heavy atom. The number of nitrogens with zero attached hydrogens (tertiary/aromatic N) is 2. The molecule has 0 saturated carbocycles. The lowest BCUT2D eigenvalue weighted by atomic mass is 10.2. The van der Waals surface area contributed by atoms with Crippen LogP contribution in [0.1, 0.15) is 23.1 Å². The molecule has 5 nitrogen and oxygen atoms in total. The number of hydrogen-bond donors (Lipinski definition) is 0. The maximum atomic E-state index is 11.9. The zero-order chi connectivity index (χ0) is 11.9. The van der Waals surface area contributed by atoms with Gasteiger partial charge >= 0.3 is 5.97 Å². The lowest BCUT2D eigenvalue weighted by molar-refractivity contribution is -0.144. The second-order valence-corrected chi connectivity index (χ2v) is 5.34. The molecule has 1 aromatic heterocycles. The van der Waals surface area contributed by atoms with E-state index in [1.807, 2.05) is 0 Å². The van der Waals surface area contributed by atoms with Crippen molar-refractivity contribution in [2.45, 2.75) is 17.3 Å². The Kier molecular flexibility index (Phi) is 3.16. The van der Waals surface area contributed by atoms with E-state index in [2.05, 4.69) is 41.6 Å². The SMILES string of the molecule is COC(=O)[C@@H]1CC(Br)c2ncc(Br)c(=O)n21. The first-order valence-electron chi connectivity index (χ1n) is 4.55. The highest BCUT2D eigenvalue weighted by atomic mass is 79.9. The molecular weight excluding hydrogens is 344 g/mol. The van der Waals surface area contributed by atoms with Crippen molar-refractivity contribution in [2.24, 2.45) is 0 Å². The number of alkyl halides is 1. The van der Waals surface area contributed by atoms with E-state index in [1.54, 1.807) is 0 Å². The fraction of sp³-hybridized carbons (Fsp3) is 0.444. The monoisotopic (exact) mass is 350 g/mol. The van der Waals surface area contributed by atoms with Crippen LogP contribution in [0.2, 0.25) is 0 Å². The molecule has 16 heavy (non-hydrogen) atoms. The van der Waals surface area contributed by atoms with Gasteiger partial charge in [-0.2, -0.15) is 0 Å². The van der Waals surface area contributed by atoms with Crippen LogP contribution in [0, 0.1) is 0 Å². The van der Waals surface area contributed by atoms with Gasteiger partial charge in [-0.25, -0.2) is 9.78 Å². The fourth-order valence-corrected chi connectivity index (χ4v) is 2.72. The first-order valence-corrected chi connectivity index (χ1v) is 6.26. The smallest absolute Gasteiger partial charge is 0.329 e. The zero-order valence-corrected chi connectivity index (χ0v) is 11.5. The zero-order valence-electron chi connectivity index (χ0n) is 8.31. The predicted octanol–water partition coefficient (Wildman–Crippen LogP) is 1.56. The van der Waals surface area contributed by atoms with Crippen LogP contribution in [0.4, 0.5) is 0 Å². The minimum Gasteiger partial charge on any atom is -0.467 e. The van der Waals surface area contributed by atoms with Gasteiger partial charge in [-0.3, -0.25) is 9.36 Å². The third-order valence-corrected chi connectivity index (χ3v) is 3.80. The largest absolute Gasteiger partial charge is 0.467 e. The van der Waals surface area contributed by atoms with Crippen molar-refractivity contribution < 1.29 is 9.53 Å². The van der Waals surface area contributed by atoms with Gasteiger partial charge in [0.05, 0.1) is 11.9 Å². The summed E-state index contributed by atoms with van der Waals surface area (Å²) in [6.45, 7) is 0. The number of carbonyl (C=O) groups is 1. The van der Waals surface area contributed by atoms with Crippen molar-refractivity contribution in [3.8, 4) is 0 Å². The van der Waals surface area contributed by atoms with Gasteiger partial charge in [-0.1, -0.05) is 15.9 Å². The highest BCUT2D eigenvalue weighted by Gasteiger charge is 2.37. The molecule has 0 spiro atoms. The molecule has 1 aromatic rings. The number of aromatic nitrogens is 2. The van der Waals surface area contributed by atoms with Crippen molar-refractivity contribution in [1.82, 2.24) is 9.55 Å². The Morgan fingerprint density at radius 1 is 1.69 bits per heavy atom. The molecule has 1 aliphatic heterocycles. The molecule has 0 saturated heterocycles. The number of esters is 1. The van der Waals surface area contributed by atoms with Crippen LogP contribution in [0.25, 0.3) is 0 Å². The van der Waals surface area contributed by atoms with E-state index in [9.17, 15) is 9.59 Å². The minimum atomic E-state index is -0.595. The second-order valence-electron chi connectivity index (χ2n) is 3.38. The van der Waals surface area contributed by atoms with Gasteiger partial charge in [0.15, 0.2) is 0 Å². The summed E-state index contributed by atoms with van der Waals surface area (Å²) in [6, 6.07) is -0.595. The molecule has 0 aliphatic carbocycles. The first kappa shape index (κ1) is 11.8. The molecule has 2 atom stereocenters. The Morgan fingerprint density at radius 2 is 2.38 bits per heavy atom. The summed E-state index contributed by atoms with van der Waals surface area (Å²) in [5.74, 6) is 0.133. The van der Waals surface area contributed by atoms with Crippen LogP contribution in [0.5, 0.6) is 0 Å². The lowest BCUT2D eigenvalue weighted by Crippen LogP contribution is -2.29. The van der Waals surface area contributed by atoms with E-state index >= 15 is 0 Å². The van der Waals surface area contributed by atoms with E-state index in [0.717, 1.165) is 0 Å². The van der Waals surface area contributed by atoms with Gasteiger partial charge in [0.25, 0.3) is 5.56 Å². The van der Waals surface area contributed by atoms with E-state index in [1.165, 1.54) is 17.9 Å². The van der Waals surface area contributed by atoms with E-state index < -0.39 is 12.0 Å². The molecule has 0 bridgehead atoms. The molecule has 0 aromatic carbocycles. The van der Waals surface area contributed by atoms with E-state index in [4.69, 9.17) is 0 Å². The van der Waals surface area contributed by atoms with Crippen LogP contribution in [-0.4, -0.2) is 22.6 Å². The number of carbonyl (C=O) groups excluding carboxylic acids is 1. The number of halogens is 2. The lowest BCUT2D eigenvalue weighted by Gasteiger charge is -2.11. The molecule has 0 fully saturated rings. The molecule has 0 radical (unpaired) electrons. The van der Waals surface area contributed by atoms with Crippen molar-refractivity contribution in [3.05, 3.63) is 26.8 Å². The highest BCUT2D eigenvalue weighted by Crippen LogP contribution is 2.38. The van der Waals surface area contributed by atoms with Crippen LogP contribution < -0.4 is 5.56 Å². The van der Waals surface area contributed by atoms with Crippen molar-refractivity contribution in [1.29, 1.82) is 0 Å². The third kappa shape index (κ3) is 1.71. The van der Waals surface area contributed by atoms with Crippen LogP contribution >= 0.6 is 31.9 Å². The summed E-state index contributed by atoms with van der Waals surface area (Å²) in [6.07, 6.45) is 1.92. The Bertz CT molecular complexity index is 500. The molecule has 1 unspecified atom stereocenters. The van der Waals surface area contributed by atoms with Gasteiger partial charge < -0.3 is 4.74 Å². The van der Waals surface area contributed by atoms with Crippen molar-refractivity contribution in [3.63, 3.8) is 0 Å². The summed E-state index contributed by atoms with van der Waals surface area (Å²) < 4.78 is 6.38. The summed E-state index contributed by atoms with van der Waals surface area (Å²) in [5, 5.41) is 0. The van der Waals surface area contributed by atoms with Gasteiger partial charge in [0, 0.05) is 6.20 Å². The fourth-order valence-electron chi connectivity index (χ4n) is 1.74. The summed E-state index contributed by atoms with van der Waals surface area (Å²) in [4.78, 5) is 27.5. The minimum absolute atomic E-state index is 0.0996. The van der Waals surface area contributed by atoms with Gasteiger partial charge in [-0.05, 0) is 22.4 Å². The summed E-state index contributed by atoms with van der Waals surface area (Å²) in [7, 11) is 1.31. The van der Waals surface area contributed by atoms with Crippen LogP contribution in [0.15, 0.2) is 15.5 Å². The van der Waals surface area contributed by atoms with Crippen LogP contribution in [-0.2, 0) is 9.53 Å². The molecule has 0 N–H and O–H groups in total. The average molecular weight is 352 g/mol. The van der Waals surface area contributed by atoms with Gasteiger partial charge in [-0.15, -0.1) is 0 Å². The molecule has 1 aliphatic rings. The number of fused-ring (bicyclic) bond motifs is 1. The number of rotatable bonds is 1. The molecule has 0 amide bonds. The predicted molar refractivity (Wildman–Crippen MR) is 63.5 cm³/mol. The Balaban J connectivity index is 2.59. The number of hydrogen-bond acceptors (Lipinski definition) is 4.